The van der Waals surface area contributed by atoms with Crippen molar-refractivity contribution in [3.05, 3.63) is 42.6 Å². The number of piperidine rings is 1. The molecule has 2 aliphatic heterocycles. The maximum absolute atomic E-state index is 12.3. The van der Waals surface area contributed by atoms with Crippen molar-refractivity contribution in [3.63, 3.8) is 0 Å². The number of anilines is 2. The fraction of sp³-hybridized carbons (Fsp3) is 0.423. The van der Waals surface area contributed by atoms with Crippen molar-refractivity contribution < 1.29 is 14.3 Å². The second-order valence-electron chi connectivity index (χ2n) is 9.13. The first-order chi connectivity index (χ1) is 18.1. The van der Waals surface area contributed by atoms with Gasteiger partial charge in [0, 0.05) is 44.5 Å². The molecule has 0 atom stereocenters. The van der Waals surface area contributed by atoms with E-state index in [2.05, 4.69) is 15.5 Å². The normalized spacial score (nSPS) is 16.9. The first kappa shape index (κ1) is 24.7. The van der Waals surface area contributed by atoms with Crippen LogP contribution in [0.2, 0.25) is 0 Å². The number of hydrogen-bond donors (Lipinski definition) is 2. The molecule has 1 aromatic carbocycles. The Hall–Kier alpha value is -3.99. The summed E-state index contributed by atoms with van der Waals surface area (Å²) in [5.41, 5.74) is 2.32. The molecule has 0 spiro atoms. The van der Waals surface area contributed by atoms with E-state index >= 15 is 0 Å². The van der Waals surface area contributed by atoms with Crippen molar-refractivity contribution in [2.75, 3.05) is 56.7 Å². The van der Waals surface area contributed by atoms with Crippen LogP contribution < -0.4 is 15.5 Å². The number of hydrogen-bond acceptors (Lipinski definition) is 7. The van der Waals surface area contributed by atoms with E-state index in [9.17, 15) is 9.59 Å². The van der Waals surface area contributed by atoms with Crippen LogP contribution in [0.5, 0.6) is 0 Å². The average Bonchev–Trinajstić information content (AvgIpc) is 3.37. The third kappa shape index (κ3) is 5.26. The average molecular weight is 505 g/mol. The van der Waals surface area contributed by atoms with Gasteiger partial charge in [-0.15, -0.1) is 0 Å². The molecule has 3 amide bonds. The highest BCUT2D eigenvalue weighted by Gasteiger charge is 2.27. The number of carbonyl (C=O) groups excluding carboxylic acids is 2. The fourth-order valence-electron chi connectivity index (χ4n) is 4.80. The Morgan fingerprint density at radius 2 is 1.78 bits per heavy atom. The first-order valence-electron chi connectivity index (χ1n) is 12.7. The van der Waals surface area contributed by atoms with Gasteiger partial charge in [-0.1, -0.05) is 6.08 Å². The Bertz CT molecular complexity index is 1290. The van der Waals surface area contributed by atoms with E-state index in [1.807, 2.05) is 47.0 Å². The SMILES string of the molecule is C/C=C/C(=O)N1CCC(n2ncc3c(N4CCOCC4)nc(-c4ccc(NC(=O)NC)cc4)nc32)CC1. The molecule has 37 heavy (non-hydrogen) atoms. The zero-order valence-electron chi connectivity index (χ0n) is 21.2. The third-order valence-electron chi connectivity index (χ3n) is 6.80. The number of amides is 3. The predicted molar refractivity (Wildman–Crippen MR) is 142 cm³/mol. The minimum absolute atomic E-state index is 0.0554. The summed E-state index contributed by atoms with van der Waals surface area (Å²) < 4.78 is 7.57. The number of allylic oxidation sites excluding steroid dienone is 1. The molecular weight excluding hydrogens is 472 g/mol. The quantitative estimate of drug-likeness (QED) is 0.513. The molecule has 0 saturated carbocycles. The molecule has 11 nitrogen and oxygen atoms in total. The number of likely N-dealkylation sites (tertiary alicyclic amines) is 1. The molecule has 3 aromatic rings. The van der Waals surface area contributed by atoms with Gasteiger partial charge in [0.1, 0.15) is 5.82 Å². The van der Waals surface area contributed by atoms with Crippen LogP contribution >= 0.6 is 0 Å². The largest absolute Gasteiger partial charge is 0.378 e. The number of urea groups is 1. The Labute approximate surface area is 215 Å². The number of nitrogens with one attached hydrogen (secondary N) is 2. The molecule has 4 heterocycles. The summed E-state index contributed by atoms with van der Waals surface area (Å²) in [6, 6.07) is 7.35. The van der Waals surface area contributed by atoms with Gasteiger partial charge in [-0.2, -0.15) is 5.10 Å². The Morgan fingerprint density at radius 3 is 2.46 bits per heavy atom. The van der Waals surface area contributed by atoms with Crippen LogP contribution in [-0.4, -0.2) is 83.0 Å². The molecule has 11 heteroatoms. The smallest absolute Gasteiger partial charge is 0.318 e. The molecule has 5 rings (SSSR count). The zero-order valence-corrected chi connectivity index (χ0v) is 21.2. The monoisotopic (exact) mass is 504 g/mol. The van der Waals surface area contributed by atoms with Gasteiger partial charge in [0.25, 0.3) is 0 Å². The molecule has 2 N–H and O–H groups in total. The van der Waals surface area contributed by atoms with Gasteiger partial charge < -0.3 is 25.2 Å². The number of rotatable bonds is 5. The van der Waals surface area contributed by atoms with Gasteiger partial charge in [0.15, 0.2) is 11.5 Å². The van der Waals surface area contributed by atoms with Gasteiger partial charge in [-0.25, -0.2) is 19.4 Å². The number of fused-ring (bicyclic) bond motifs is 1. The fourth-order valence-corrected chi connectivity index (χ4v) is 4.80. The van der Waals surface area contributed by atoms with E-state index in [0.29, 0.717) is 37.8 Å². The van der Waals surface area contributed by atoms with Crippen molar-refractivity contribution >= 4 is 34.5 Å². The Balaban J connectivity index is 1.48. The summed E-state index contributed by atoms with van der Waals surface area (Å²) in [7, 11) is 1.58. The van der Waals surface area contributed by atoms with Crippen molar-refractivity contribution in [1.29, 1.82) is 0 Å². The number of aromatic nitrogens is 4. The van der Waals surface area contributed by atoms with Crippen LogP contribution in [0.3, 0.4) is 0 Å². The molecule has 0 aliphatic carbocycles. The number of morpholine rings is 1. The summed E-state index contributed by atoms with van der Waals surface area (Å²) in [5, 5.41) is 11.0. The molecule has 0 unspecified atom stereocenters. The highest BCUT2D eigenvalue weighted by atomic mass is 16.5. The van der Waals surface area contributed by atoms with Crippen molar-refractivity contribution in [2.45, 2.75) is 25.8 Å². The van der Waals surface area contributed by atoms with Gasteiger partial charge in [0.05, 0.1) is 30.8 Å². The Morgan fingerprint density at radius 1 is 1.05 bits per heavy atom. The molecule has 0 radical (unpaired) electrons. The summed E-state index contributed by atoms with van der Waals surface area (Å²) in [4.78, 5) is 38.0. The Kier molecular flexibility index (Phi) is 7.31. The first-order valence-corrected chi connectivity index (χ1v) is 12.7. The van der Waals surface area contributed by atoms with E-state index in [-0.39, 0.29) is 18.0 Å². The topological polar surface area (TPSA) is 118 Å². The van der Waals surface area contributed by atoms with Crippen LogP contribution in [0.4, 0.5) is 16.3 Å². The van der Waals surface area contributed by atoms with Gasteiger partial charge in [-0.05, 0) is 50.1 Å². The van der Waals surface area contributed by atoms with Crippen molar-refractivity contribution in [1.82, 2.24) is 30.0 Å². The number of carbonyl (C=O) groups is 2. The summed E-state index contributed by atoms with van der Waals surface area (Å²) in [6.07, 6.45) is 6.88. The van der Waals surface area contributed by atoms with Gasteiger partial charge in [0.2, 0.25) is 5.91 Å². The zero-order chi connectivity index (χ0) is 25.8. The number of benzene rings is 1. The highest BCUT2D eigenvalue weighted by molar-refractivity contribution is 5.90. The van der Waals surface area contributed by atoms with Gasteiger partial charge in [-0.3, -0.25) is 4.79 Å². The summed E-state index contributed by atoms with van der Waals surface area (Å²) >= 11 is 0. The molecular formula is C26H32N8O3. The van der Waals surface area contributed by atoms with E-state index < -0.39 is 0 Å². The van der Waals surface area contributed by atoms with Crippen LogP contribution in [0.15, 0.2) is 42.6 Å². The number of ether oxygens (including phenoxy) is 1. The molecule has 2 aliphatic rings. The van der Waals surface area contributed by atoms with Crippen molar-refractivity contribution in [2.24, 2.45) is 0 Å². The van der Waals surface area contributed by atoms with Crippen LogP contribution in [0.25, 0.3) is 22.4 Å². The third-order valence-corrected chi connectivity index (χ3v) is 6.80. The maximum Gasteiger partial charge on any atom is 0.318 e. The number of nitrogens with zero attached hydrogens (tertiary/aromatic N) is 6. The lowest BCUT2D eigenvalue weighted by atomic mass is 10.1. The molecule has 2 saturated heterocycles. The van der Waals surface area contributed by atoms with Gasteiger partial charge >= 0.3 is 6.03 Å². The lowest BCUT2D eigenvalue weighted by Gasteiger charge is -2.32. The van der Waals surface area contributed by atoms with E-state index in [0.717, 1.165) is 48.3 Å². The van der Waals surface area contributed by atoms with Crippen LogP contribution in [0, 0.1) is 0 Å². The molecule has 194 valence electrons. The van der Waals surface area contributed by atoms with Crippen LogP contribution in [0.1, 0.15) is 25.8 Å². The lowest BCUT2D eigenvalue weighted by molar-refractivity contribution is -0.127. The second kappa shape index (κ2) is 11.0. The predicted octanol–water partition coefficient (Wildman–Crippen LogP) is 2.82. The van der Waals surface area contributed by atoms with E-state index in [1.54, 1.807) is 19.2 Å². The molecule has 2 fully saturated rings. The highest BCUT2D eigenvalue weighted by Crippen LogP contribution is 2.32. The molecule has 2 aromatic heterocycles. The maximum atomic E-state index is 12.3. The minimum Gasteiger partial charge on any atom is -0.378 e. The second-order valence-corrected chi connectivity index (χ2v) is 9.13. The summed E-state index contributed by atoms with van der Waals surface area (Å²) in [6.45, 7) is 6.01. The van der Waals surface area contributed by atoms with Crippen LogP contribution in [-0.2, 0) is 9.53 Å². The standard InChI is InChI=1S/C26H32N8O3/c1-3-4-22(35)32-11-9-20(10-12-32)34-25-21(17-28-34)24(33-13-15-37-16-14-33)30-23(31-25)18-5-7-19(8-6-18)29-26(36)27-2/h3-8,17,20H,9-16H2,1-2H3,(H2,27,29,36)/b4-3+. The summed E-state index contributed by atoms with van der Waals surface area (Å²) in [5.74, 6) is 1.51. The van der Waals surface area contributed by atoms with E-state index in [1.165, 1.54) is 0 Å². The lowest BCUT2D eigenvalue weighted by Crippen LogP contribution is -2.38. The van der Waals surface area contributed by atoms with E-state index in [4.69, 9.17) is 19.8 Å². The molecule has 0 bridgehead atoms. The minimum atomic E-state index is -0.276. The van der Waals surface area contributed by atoms with Crippen molar-refractivity contribution in [3.8, 4) is 11.4 Å².